The Bertz CT molecular complexity index is 1110. The molecular formula is C24H31BN3O10PS. The third-order valence-corrected chi connectivity index (χ3v) is 7.79. The van der Waals surface area contributed by atoms with Crippen LogP contribution in [-0.2, 0) is 51.3 Å². The van der Waals surface area contributed by atoms with Gasteiger partial charge in [-0.2, -0.15) is 0 Å². The molecule has 1 aromatic rings. The van der Waals surface area contributed by atoms with Crippen LogP contribution in [0.15, 0.2) is 42.5 Å². The third-order valence-electron chi connectivity index (χ3n) is 6.11. The van der Waals surface area contributed by atoms with Crippen LogP contribution in [0.25, 0.3) is 0 Å². The quantitative estimate of drug-likeness (QED) is 0.0929. The van der Waals surface area contributed by atoms with Crippen LogP contribution in [-0.4, -0.2) is 93.2 Å². The fourth-order valence-electron chi connectivity index (χ4n) is 4.09. The smallest absolute Gasteiger partial charge is 0.431 e. The summed E-state index contributed by atoms with van der Waals surface area (Å²) in [6.07, 6.45) is 0.585. The second-order valence-corrected chi connectivity index (χ2v) is 11.7. The first-order chi connectivity index (χ1) is 19.1. The first-order valence-corrected chi connectivity index (χ1v) is 15.1. The zero-order chi connectivity index (χ0) is 29.1. The minimum atomic E-state index is -3.62. The zero-order valence-electron chi connectivity index (χ0n) is 21.8. The predicted molar refractivity (Wildman–Crippen MR) is 145 cm³/mol. The molecule has 1 saturated heterocycles. The molecule has 16 heteroatoms. The largest absolute Gasteiger partial charge is 0.508 e. The number of hydrogen-bond acceptors (Lipinski definition) is 10. The van der Waals surface area contributed by atoms with Gasteiger partial charge in [0.1, 0.15) is 33.3 Å². The molecule has 1 aromatic carbocycles. The van der Waals surface area contributed by atoms with Gasteiger partial charge in [0, 0.05) is 50.8 Å². The Kier molecular flexibility index (Phi) is 12.1. The maximum absolute atomic E-state index is 12.1. The minimum absolute atomic E-state index is 0.0284. The second-order valence-electron chi connectivity index (χ2n) is 8.85. The molecule has 5 atom stereocenters. The Morgan fingerprint density at radius 3 is 2.48 bits per heavy atom. The van der Waals surface area contributed by atoms with Gasteiger partial charge in [-0.05, 0) is 30.2 Å². The summed E-state index contributed by atoms with van der Waals surface area (Å²) in [5, 5.41) is 5.25. The van der Waals surface area contributed by atoms with E-state index in [2.05, 4.69) is 10.6 Å². The van der Waals surface area contributed by atoms with E-state index in [0.29, 0.717) is 12.8 Å². The number of carbonyl (C=O) groups excluding carboxylic acids is 4. The van der Waals surface area contributed by atoms with Crippen LogP contribution in [0.5, 0.6) is 0 Å². The van der Waals surface area contributed by atoms with Gasteiger partial charge in [-0.25, -0.2) is 9.59 Å². The standard InChI is InChI=1S/C24H31BN3O10PS/c1-34-39(33,40)38-21-17(8-5-11-26-23(31)27-12-13-28-19(29)9-10-20(28)30)22(25)37-18(21)15-36-24(32)35-14-16-6-3-2-4-7-16/h2-4,6-7,9-10,17-18,21-22H,5,8,11-15H2,1H3,(H,33,40)(H2,26,27,31)/t17-,18+,21?,22+,39?/m0/s1. The van der Waals surface area contributed by atoms with Crippen LogP contribution in [0.4, 0.5) is 9.59 Å². The van der Waals surface area contributed by atoms with Crippen LogP contribution < -0.4 is 10.6 Å². The summed E-state index contributed by atoms with van der Waals surface area (Å²) in [5.41, 5.74) is 0.789. The molecule has 0 aliphatic carbocycles. The molecule has 4 amide bonds. The van der Waals surface area contributed by atoms with Crippen molar-refractivity contribution < 1.29 is 47.3 Å². The zero-order valence-corrected chi connectivity index (χ0v) is 23.5. The maximum atomic E-state index is 12.1. The fraction of sp³-hybridized carbons (Fsp3) is 0.500. The molecule has 0 aromatic heterocycles. The topological polar surface area (TPSA) is 162 Å². The highest BCUT2D eigenvalue weighted by Gasteiger charge is 2.45. The molecule has 2 radical (unpaired) electrons. The Labute approximate surface area is 238 Å². The molecule has 1 fully saturated rings. The van der Waals surface area contributed by atoms with E-state index in [1.54, 1.807) is 12.1 Å². The number of urea groups is 1. The average molecular weight is 595 g/mol. The van der Waals surface area contributed by atoms with Crippen LogP contribution in [0.1, 0.15) is 18.4 Å². The Hall–Kier alpha value is -2.81. The summed E-state index contributed by atoms with van der Waals surface area (Å²) in [6, 6.07) is 7.77. The minimum Gasteiger partial charge on any atom is -0.431 e. The van der Waals surface area contributed by atoms with E-state index in [1.165, 1.54) is 19.3 Å². The van der Waals surface area contributed by atoms with E-state index in [0.717, 1.165) is 10.5 Å². The van der Waals surface area contributed by atoms with Gasteiger partial charge in [0.25, 0.3) is 11.8 Å². The fourth-order valence-corrected chi connectivity index (χ4v) is 5.08. The van der Waals surface area contributed by atoms with Crippen molar-refractivity contribution in [3.05, 3.63) is 48.0 Å². The van der Waals surface area contributed by atoms with Crippen molar-refractivity contribution in [2.45, 2.75) is 37.7 Å². The summed E-state index contributed by atoms with van der Waals surface area (Å²) in [7, 11) is 7.38. The van der Waals surface area contributed by atoms with Gasteiger partial charge in [-0.15, -0.1) is 0 Å². The summed E-state index contributed by atoms with van der Waals surface area (Å²) >= 11 is 5.00. The van der Waals surface area contributed by atoms with Gasteiger partial charge in [0.2, 0.25) is 0 Å². The number of imide groups is 1. The van der Waals surface area contributed by atoms with Gasteiger partial charge in [-0.1, -0.05) is 30.3 Å². The van der Waals surface area contributed by atoms with Crippen molar-refractivity contribution in [3.63, 3.8) is 0 Å². The molecule has 0 saturated carbocycles. The van der Waals surface area contributed by atoms with Crippen molar-refractivity contribution in [1.82, 2.24) is 15.5 Å². The molecule has 2 aliphatic heterocycles. The number of nitrogens with one attached hydrogen (secondary N) is 2. The highest BCUT2D eigenvalue weighted by atomic mass is 32.5. The van der Waals surface area contributed by atoms with E-state index in [9.17, 15) is 24.1 Å². The summed E-state index contributed by atoms with van der Waals surface area (Å²) in [5.74, 6) is -1.31. The lowest BCUT2D eigenvalue weighted by Gasteiger charge is -2.27. The number of hydrogen-bond donors (Lipinski definition) is 3. The number of benzene rings is 1. The summed E-state index contributed by atoms with van der Waals surface area (Å²) in [4.78, 5) is 58.5. The first-order valence-electron chi connectivity index (χ1n) is 12.5. The Morgan fingerprint density at radius 1 is 1.12 bits per heavy atom. The number of rotatable bonds is 14. The van der Waals surface area contributed by atoms with E-state index in [4.69, 9.17) is 42.9 Å². The van der Waals surface area contributed by atoms with Gasteiger partial charge >= 0.3 is 18.9 Å². The molecule has 0 bridgehead atoms. The molecule has 40 heavy (non-hydrogen) atoms. The molecular weight excluding hydrogens is 564 g/mol. The lowest BCUT2D eigenvalue weighted by atomic mass is 9.82. The Balaban J connectivity index is 1.43. The lowest BCUT2D eigenvalue weighted by molar-refractivity contribution is -0.136. The van der Waals surface area contributed by atoms with Crippen LogP contribution in [0.3, 0.4) is 0 Å². The predicted octanol–water partition coefficient (Wildman–Crippen LogP) is 1.10. The van der Waals surface area contributed by atoms with Gasteiger partial charge in [-0.3, -0.25) is 14.5 Å². The molecule has 2 unspecified atom stereocenters. The van der Waals surface area contributed by atoms with Gasteiger partial charge < -0.3 is 38.8 Å². The monoisotopic (exact) mass is 595 g/mol. The molecule has 216 valence electrons. The number of carbonyl (C=O) groups is 4. The molecule has 3 N–H and O–H groups in total. The van der Waals surface area contributed by atoms with Crippen LogP contribution in [0.2, 0.25) is 0 Å². The van der Waals surface area contributed by atoms with Crippen molar-refractivity contribution in [2.24, 2.45) is 5.92 Å². The SMILES string of the molecule is [B][C@@H]1O[C@H](COC(=O)OCc2ccccc2)C(OP(O)(=S)OC)[C@@H]1CCCNC(=O)NCCN1C(=O)C=CC1=O. The van der Waals surface area contributed by atoms with Crippen molar-refractivity contribution in [3.8, 4) is 0 Å². The van der Waals surface area contributed by atoms with E-state index < -0.39 is 54.8 Å². The van der Waals surface area contributed by atoms with Gasteiger partial charge in [0.15, 0.2) is 0 Å². The molecule has 2 aliphatic rings. The van der Waals surface area contributed by atoms with E-state index in [1.807, 2.05) is 18.2 Å². The first kappa shape index (κ1) is 31.7. The number of amides is 4. The van der Waals surface area contributed by atoms with Crippen molar-refractivity contribution in [1.29, 1.82) is 0 Å². The highest BCUT2D eigenvalue weighted by Crippen LogP contribution is 2.48. The third kappa shape index (κ3) is 9.68. The maximum Gasteiger partial charge on any atom is 0.508 e. The van der Waals surface area contributed by atoms with E-state index >= 15 is 0 Å². The van der Waals surface area contributed by atoms with Crippen molar-refractivity contribution >= 4 is 50.4 Å². The van der Waals surface area contributed by atoms with Crippen LogP contribution in [0, 0.1) is 5.92 Å². The molecule has 3 rings (SSSR count). The summed E-state index contributed by atoms with van der Waals surface area (Å²) in [6.45, 7) is -3.45. The van der Waals surface area contributed by atoms with Gasteiger partial charge in [0.05, 0.1) is 0 Å². The number of nitrogens with zero attached hydrogens (tertiary/aromatic N) is 1. The van der Waals surface area contributed by atoms with E-state index in [-0.39, 0.29) is 32.8 Å². The Morgan fingerprint density at radius 2 is 1.80 bits per heavy atom. The second kappa shape index (κ2) is 15.3. The summed E-state index contributed by atoms with van der Waals surface area (Å²) < 4.78 is 26.6. The average Bonchev–Trinajstić information content (AvgIpc) is 3.41. The van der Waals surface area contributed by atoms with Crippen molar-refractivity contribution in [2.75, 3.05) is 33.4 Å². The molecule has 2 heterocycles. The lowest BCUT2D eigenvalue weighted by Crippen LogP contribution is -2.42. The molecule has 0 spiro atoms. The molecule has 13 nitrogen and oxygen atoms in total. The highest BCUT2D eigenvalue weighted by molar-refractivity contribution is 8.07. The normalized spacial score (nSPS) is 23.6. The number of ether oxygens (including phenoxy) is 3. The van der Waals surface area contributed by atoms with Crippen LogP contribution >= 0.6 is 6.72 Å².